The number of benzene rings is 2. The highest BCUT2D eigenvalue weighted by atomic mass is 16.3. The minimum Gasteiger partial charge on any atom is -0.472 e. The second kappa shape index (κ2) is 6.68. The average Bonchev–Trinajstić information content (AvgIpc) is 3.25. The molecular formula is C23H22N2O3. The van der Waals surface area contributed by atoms with Gasteiger partial charge in [0.15, 0.2) is 5.78 Å². The van der Waals surface area contributed by atoms with Crippen molar-refractivity contribution in [1.29, 1.82) is 0 Å². The molecule has 0 fully saturated rings. The lowest BCUT2D eigenvalue weighted by atomic mass is 9.89. The smallest absolute Gasteiger partial charge is 0.258 e. The molecule has 0 saturated carbocycles. The summed E-state index contributed by atoms with van der Waals surface area (Å²) in [4.78, 5) is 24.6. The third kappa shape index (κ3) is 3.31. The van der Waals surface area contributed by atoms with E-state index in [9.17, 15) is 9.59 Å². The number of hydrogen-bond donors (Lipinski definition) is 2. The number of nitrogens with one attached hydrogen (secondary N) is 2. The van der Waals surface area contributed by atoms with Crippen LogP contribution in [0.3, 0.4) is 0 Å². The van der Waals surface area contributed by atoms with Crippen LogP contribution in [0.1, 0.15) is 45.7 Å². The maximum Gasteiger partial charge on any atom is 0.258 e. The number of carbonyl (C=O) groups excluding carboxylic acids is 2. The van der Waals surface area contributed by atoms with Crippen molar-refractivity contribution in [1.82, 2.24) is 0 Å². The predicted octanol–water partition coefficient (Wildman–Crippen LogP) is 5.35. The van der Waals surface area contributed by atoms with E-state index in [1.165, 1.54) is 12.5 Å². The van der Waals surface area contributed by atoms with Gasteiger partial charge in [-0.1, -0.05) is 19.9 Å². The highest BCUT2D eigenvalue weighted by molar-refractivity contribution is 6.05. The Balaban J connectivity index is 1.56. The fourth-order valence-electron chi connectivity index (χ4n) is 3.55. The second-order valence-electron chi connectivity index (χ2n) is 7.88. The molecule has 0 atom stereocenters. The van der Waals surface area contributed by atoms with Crippen molar-refractivity contribution in [2.45, 2.75) is 27.2 Å². The first-order valence-electron chi connectivity index (χ1n) is 9.22. The number of hydrogen-bond acceptors (Lipinski definition) is 4. The maximum atomic E-state index is 12.4. The van der Waals surface area contributed by atoms with Crippen LogP contribution in [0.2, 0.25) is 0 Å². The summed E-state index contributed by atoms with van der Waals surface area (Å²) < 4.78 is 4.96. The highest BCUT2D eigenvalue weighted by Gasteiger charge is 2.37. The van der Waals surface area contributed by atoms with E-state index in [-0.39, 0.29) is 17.1 Å². The van der Waals surface area contributed by atoms with Gasteiger partial charge in [0.25, 0.3) is 5.91 Å². The topological polar surface area (TPSA) is 71.3 Å². The Kier molecular flexibility index (Phi) is 4.30. The van der Waals surface area contributed by atoms with Gasteiger partial charge in [0.05, 0.1) is 11.8 Å². The predicted molar refractivity (Wildman–Crippen MR) is 109 cm³/mol. The number of rotatable bonds is 4. The third-order valence-electron chi connectivity index (χ3n) is 5.15. The zero-order chi connectivity index (χ0) is 19.9. The Morgan fingerprint density at radius 1 is 1.07 bits per heavy atom. The molecule has 1 heterocycles. The molecule has 2 aromatic carbocycles. The van der Waals surface area contributed by atoms with E-state index in [1.54, 1.807) is 6.07 Å². The highest BCUT2D eigenvalue weighted by Crippen LogP contribution is 2.38. The Morgan fingerprint density at radius 3 is 2.61 bits per heavy atom. The number of anilines is 3. The van der Waals surface area contributed by atoms with Crippen LogP contribution in [-0.2, 0) is 6.42 Å². The summed E-state index contributed by atoms with van der Waals surface area (Å²) in [6.07, 6.45) is 3.63. The van der Waals surface area contributed by atoms with E-state index < -0.39 is 0 Å². The normalized spacial score (nSPS) is 14.6. The van der Waals surface area contributed by atoms with Gasteiger partial charge in [0.1, 0.15) is 6.26 Å². The molecule has 142 valence electrons. The van der Waals surface area contributed by atoms with Crippen molar-refractivity contribution in [2.75, 3.05) is 10.6 Å². The quantitative estimate of drug-likeness (QED) is 0.646. The lowest BCUT2D eigenvalue weighted by Crippen LogP contribution is -2.18. The van der Waals surface area contributed by atoms with Crippen LogP contribution in [0, 0.1) is 12.3 Å². The number of amides is 1. The summed E-state index contributed by atoms with van der Waals surface area (Å²) in [5, 5.41) is 6.28. The van der Waals surface area contributed by atoms with Crippen LogP contribution in [0.5, 0.6) is 0 Å². The van der Waals surface area contributed by atoms with E-state index in [0.29, 0.717) is 11.3 Å². The number of Topliss-reactive ketones (excluding diaryl/α,β-unsaturated/α-hetero) is 1. The van der Waals surface area contributed by atoms with Crippen molar-refractivity contribution in [3.05, 3.63) is 77.2 Å². The van der Waals surface area contributed by atoms with E-state index in [4.69, 9.17) is 4.42 Å². The van der Waals surface area contributed by atoms with Gasteiger partial charge in [-0.2, -0.15) is 0 Å². The molecule has 2 N–H and O–H groups in total. The molecular weight excluding hydrogens is 352 g/mol. The Labute approximate surface area is 163 Å². The van der Waals surface area contributed by atoms with Crippen molar-refractivity contribution >= 4 is 28.8 Å². The average molecular weight is 374 g/mol. The van der Waals surface area contributed by atoms with Crippen molar-refractivity contribution in [3.63, 3.8) is 0 Å². The number of ketones is 1. The summed E-state index contributed by atoms with van der Waals surface area (Å²) in [7, 11) is 0. The molecule has 1 aliphatic carbocycles. The van der Waals surface area contributed by atoms with Gasteiger partial charge in [-0.3, -0.25) is 9.59 Å². The van der Waals surface area contributed by atoms with Crippen LogP contribution in [-0.4, -0.2) is 11.7 Å². The van der Waals surface area contributed by atoms with Gasteiger partial charge < -0.3 is 15.1 Å². The Hall–Kier alpha value is -3.34. The number of fused-ring (bicyclic) bond motifs is 1. The monoisotopic (exact) mass is 374 g/mol. The molecule has 4 rings (SSSR count). The summed E-state index contributed by atoms with van der Waals surface area (Å²) in [6, 6.07) is 13.2. The van der Waals surface area contributed by atoms with Gasteiger partial charge in [0.2, 0.25) is 0 Å². The standard InChI is InChI=1S/C23H22N2O3/c1-14-4-5-18(25-22(27)15-8-9-28-13-15)11-20(14)24-17-6-7-19-16(10-17)12-23(2,3)21(19)26/h4-11,13,24H,12H2,1-3H3,(H,25,27). The maximum absolute atomic E-state index is 12.4. The lowest BCUT2D eigenvalue weighted by Gasteiger charge is -2.13. The fraction of sp³-hybridized carbons (Fsp3) is 0.217. The summed E-state index contributed by atoms with van der Waals surface area (Å²) in [5.41, 5.74) is 5.58. The first-order chi connectivity index (χ1) is 13.3. The number of furan rings is 1. The molecule has 0 aliphatic heterocycles. The van der Waals surface area contributed by atoms with Gasteiger partial charge in [0, 0.05) is 28.0 Å². The molecule has 0 saturated heterocycles. The number of aryl methyl sites for hydroxylation is 1. The minimum atomic E-state index is -0.339. The van der Waals surface area contributed by atoms with Crippen molar-refractivity contribution < 1.29 is 14.0 Å². The van der Waals surface area contributed by atoms with Crippen LogP contribution in [0.25, 0.3) is 0 Å². The summed E-state index contributed by atoms with van der Waals surface area (Å²) in [5.74, 6) is -0.0176. The second-order valence-corrected chi connectivity index (χ2v) is 7.88. The first-order valence-corrected chi connectivity index (χ1v) is 9.22. The summed E-state index contributed by atoms with van der Waals surface area (Å²) >= 11 is 0. The molecule has 0 bridgehead atoms. The number of carbonyl (C=O) groups is 2. The molecule has 3 aromatic rings. The van der Waals surface area contributed by atoms with Crippen LogP contribution in [0.4, 0.5) is 17.1 Å². The largest absolute Gasteiger partial charge is 0.472 e. The molecule has 1 aliphatic rings. The summed E-state index contributed by atoms with van der Waals surface area (Å²) in [6.45, 7) is 5.97. The molecule has 0 unspecified atom stereocenters. The first kappa shape index (κ1) is 18.0. The molecule has 1 aromatic heterocycles. The van der Waals surface area contributed by atoms with Crippen LogP contribution in [0.15, 0.2) is 59.4 Å². The van der Waals surface area contributed by atoms with E-state index in [2.05, 4.69) is 10.6 Å². The van der Waals surface area contributed by atoms with Gasteiger partial charge in [-0.05, 0) is 60.9 Å². The third-order valence-corrected chi connectivity index (χ3v) is 5.15. The van der Waals surface area contributed by atoms with Crippen LogP contribution < -0.4 is 10.6 Å². The molecule has 1 amide bonds. The Bertz CT molecular complexity index is 1070. The van der Waals surface area contributed by atoms with Crippen molar-refractivity contribution in [2.24, 2.45) is 5.41 Å². The molecule has 5 nitrogen and oxygen atoms in total. The van der Waals surface area contributed by atoms with E-state index >= 15 is 0 Å². The Morgan fingerprint density at radius 2 is 1.86 bits per heavy atom. The van der Waals surface area contributed by atoms with Crippen molar-refractivity contribution in [3.8, 4) is 0 Å². The molecule has 28 heavy (non-hydrogen) atoms. The minimum absolute atomic E-state index is 0.203. The molecule has 0 radical (unpaired) electrons. The fourth-order valence-corrected chi connectivity index (χ4v) is 3.55. The van der Waals surface area contributed by atoms with Gasteiger partial charge in [-0.25, -0.2) is 0 Å². The molecule has 0 spiro atoms. The van der Waals surface area contributed by atoms with E-state index in [0.717, 1.165) is 34.5 Å². The van der Waals surface area contributed by atoms with E-state index in [1.807, 2.05) is 57.2 Å². The van der Waals surface area contributed by atoms with Gasteiger partial charge >= 0.3 is 0 Å². The zero-order valence-corrected chi connectivity index (χ0v) is 16.1. The van der Waals surface area contributed by atoms with Gasteiger partial charge in [-0.15, -0.1) is 0 Å². The molecule has 5 heteroatoms. The zero-order valence-electron chi connectivity index (χ0n) is 16.1. The lowest BCUT2D eigenvalue weighted by molar-refractivity contribution is 0.0863. The van der Waals surface area contributed by atoms with Crippen LogP contribution >= 0.6 is 0 Å². The SMILES string of the molecule is Cc1ccc(NC(=O)c2ccoc2)cc1Nc1ccc2c(c1)CC(C)(C)C2=O.